The molecule has 0 unspecified atom stereocenters. The van der Waals surface area contributed by atoms with E-state index in [0.717, 1.165) is 0 Å². The number of benzene rings is 1. The summed E-state index contributed by atoms with van der Waals surface area (Å²) in [7, 11) is 1.44. The van der Waals surface area contributed by atoms with Gasteiger partial charge in [-0.25, -0.2) is 4.79 Å². The van der Waals surface area contributed by atoms with Crippen LogP contribution >= 0.6 is 11.6 Å². The molecule has 2 N–H and O–H groups in total. The van der Waals surface area contributed by atoms with Crippen LogP contribution in [0.1, 0.15) is 5.56 Å². The Morgan fingerprint density at radius 3 is 2.79 bits per heavy atom. The molecule has 0 bridgehead atoms. The van der Waals surface area contributed by atoms with E-state index < -0.39 is 6.03 Å². The minimum absolute atomic E-state index is 0.372. The van der Waals surface area contributed by atoms with Crippen molar-refractivity contribution in [1.82, 2.24) is 5.32 Å². The van der Waals surface area contributed by atoms with Crippen LogP contribution in [0.5, 0.6) is 0 Å². The van der Waals surface area contributed by atoms with Gasteiger partial charge in [-0.2, -0.15) is 5.06 Å². The summed E-state index contributed by atoms with van der Waals surface area (Å²) in [5.74, 6) is 0. The summed E-state index contributed by atoms with van der Waals surface area (Å²) >= 11 is 5.84. The van der Waals surface area contributed by atoms with Gasteiger partial charge in [-0.3, -0.25) is 5.21 Å². The Kier molecular flexibility index (Phi) is 3.33. The first kappa shape index (κ1) is 10.8. The Bertz CT molecular complexity index is 355. The number of nitrogens with one attached hydrogen (secondary N) is 1. The summed E-state index contributed by atoms with van der Waals surface area (Å²) < 4.78 is 0. The van der Waals surface area contributed by atoms with Gasteiger partial charge in [-0.05, 0) is 24.6 Å². The maximum Gasteiger partial charge on any atom is 0.345 e. The molecule has 0 spiro atoms. The number of rotatable bonds is 1. The molecule has 4 nitrogen and oxygen atoms in total. The zero-order chi connectivity index (χ0) is 10.7. The number of hydrogen-bond acceptors (Lipinski definition) is 2. The van der Waals surface area contributed by atoms with Crippen LogP contribution in [-0.2, 0) is 0 Å². The monoisotopic (exact) mass is 214 g/mol. The van der Waals surface area contributed by atoms with Crippen molar-refractivity contribution in [1.29, 1.82) is 0 Å². The Labute approximate surface area is 87.0 Å². The predicted octanol–water partition coefficient (Wildman–Crippen LogP) is 2.18. The van der Waals surface area contributed by atoms with E-state index in [4.69, 9.17) is 11.6 Å². The molecule has 0 fully saturated rings. The van der Waals surface area contributed by atoms with Crippen LogP contribution in [0.15, 0.2) is 18.2 Å². The van der Waals surface area contributed by atoms with E-state index in [9.17, 15) is 10.0 Å². The highest BCUT2D eigenvalue weighted by molar-refractivity contribution is 6.31. The van der Waals surface area contributed by atoms with E-state index in [1.165, 1.54) is 7.05 Å². The summed E-state index contributed by atoms with van der Waals surface area (Å²) in [6.45, 7) is 1.73. The Morgan fingerprint density at radius 1 is 1.57 bits per heavy atom. The van der Waals surface area contributed by atoms with Gasteiger partial charge in [-0.1, -0.05) is 17.7 Å². The molecule has 76 valence electrons. The van der Waals surface area contributed by atoms with E-state index in [-0.39, 0.29) is 0 Å². The van der Waals surface area contributed by atoms with Crippen molar-refractivity contribution in [3.63, 3.8) is 0 Å². The molecule has 0 saturated carbocycles. The molecule has 5 heteroatoms. The summed E-state index contributed by atoms with van der Waals surface area (Å²) in [5, 5.41) is 12.8. The van der Waals surface area contributed by atoms with Crippen LogP contribution in [0.4, 0.5) is 10.5 Å². The molecule has 0 aliphatic rings. The molecular weight excluding hydrogens is 204 g/mol. The van der Waals surface area contributed by atoms with Crippen molar-refractivity contribution in [2.75, 3.05) is 12.1 Å². The number of carbonyl (C=O) groups is 1. The highest BCUT2D eigenvalue weighted by Gasteiger charge is 2.14. The third-order valence-corrected chi connectivity index (χ3v) is 2.28. The fourth-order valence-electron chi connectivity index (χ4n) is 1.04. The Balaban J connectivity index is 3.07. The summed E-state index contributed by atoms with van der Waals surface area (Å²) in [6.07, 6.45) is 0. The van der Waals surface area contributed by atoms with Gasteiger partial charge < -0.3 is 5.32 Å². The molecule has 0 heterocycles. The van der Waals surface area contributed by atoms with E-state index in [1.807, 2.05) is 0 Å². The third kappa shape index (κ3) is 1.97. The molecule has 0 radical (unpaired) electrons. The standard InChI is InChI=1S/C9H11ClN2O2/c1-6-7(10)4-3-5-8(6)12(14)9(13)11-2/h3-5,14H,1-2H3,(H,11,13). The minimum Gasteiger partial charge on any atom is -0.339 e. The van der Waals surface area contributed by atoms with Crippen molar-refractivity contribution in [3.8, 4) is 0 Å². The average molecular weight is 215 g/mol. The number of anilines is 1. The molecule has 0 saturated heterocycles. The van der Waals surface area contributed by atoms with Crippen LogP contribution < -0.4 is 10.4 Å². The molecule has 0 aliphatic carbocycles. The van der Waals surface area contributed by atoms with Crippen molar-refractivity contribution in [2.45, 2.75) is 6.92 Å². The smallest absolute Gasteiger partial charge is 0.339 e. The SMILES string of the molecule is CNC(=O)N(O)c1cccc(Cl)c1C. The number of halogens is 1. The van der Waals surface area contributed by atoms with Crippen molar-refractivity contribution in [3.05, 3.63) is 28.8 Å². The van der Waals surface area contributed by atoms with Crippen LogP contribution in [-0.4, -0.2) is 18.3 Å². The van der Waals surface area contributed by atoms with Crippen molar-refractivity contribution in [2.24, 2.45) is 0 Å². The third-order valence-electron chi connectivity index (χ3n) is 1.87. The van der Waals surface area contributed by atoms with E-state index in [0.29, 0.717) is 21.3 Å². The molecule has 2 amide bonds. The number of hydroxylamine groups is 1. The fourth-order valence-corrected chi connectivity index (χ4v) is 1.21. The quantitative estimate of drug-likeness (QED) is 0.556. The van der Waals surface area contributed by atoms with E-state index in [1.54, 1.807) is 25.1 Å². The molecule has 0 aliphatic heterocycles. The number of urea groups is 1. The summed E-state index contributed by atoms with van der Waals surface area (Å²) in [6, 6.07) is 4.36. The van der Waals surface area contributed by atoms with Crippen LogP contribution in [0.2, 0.25) is 5.02 Å². The highest BCUT2D eigenvalue weighted by Crippen LogP contribution is 2.25. The highest BCUT2D eigenvalue weighted by atomic mass is 35.5. The first-order chi connectivity index (χ1) is 6.57. The van der Waals surface area contributed by atoms with Gasteiger partial charge in [0.25, 0.3) is 0 Å². The largest absolute Gasteiger partial charge is 0.345 e. The van der Waals surface area contributed by atoms with Gasteiger partial charge in [-0.15, -0.1) is 0 Å². The molecule has 14 heavy (non-hydrogen) atoms. The number of nitrogens with zero attached hydrogens (tertiary/aromatic N) is 1. The van der Waals surface area contributed by atoms with Crippen LogP contribution in [0.3, 0.4) is 0 Å². The number of carbonyl (C=O) groups excluding carboxylic acids is 1. The molecule has 1 aromatic carbocycles. The first-order valence-corrected chi connectivity index (χ1v) is 4.41. The lowest BCUT2D eigenvalue weighted by Crippen LogP contribution is -2.35. The summed E-state index contributed by atoms with van der Waals surface area (Å²) in [5.41, 5.74) is 1.03. The molecule has 0 atom stereocenters. The first-order valence-electron chi connectivity index (χ1n) is 4.03. The second kappa shape index (κ2) is 4.30. The zero-order valence-corrected chi connectivity index (χ0v) is 8.67. The van der Waals surface area contributed by atoms with Gasteiger partial charge in [0.15, 0.2) is 0 Å². The molecule has 1 aromatic rings. The zero-order valence-electron chi connectivity index (χ0n) is 7.91. The van der Waals surface area contributed by atoms with Gasteiger partial charge in [0, 0.05) is 12.1 Å². The van der Waals surface area contributed by atoms with Gasteiger partial charge in [0.2, 0.25) is 0 Å². The molecule has 1 rings (SSSR count). The van der Waals surface area contributed by atoms with Crippen LogP contribution in [0, 0.1) is 6.92 Å². The predicted molar refractivity (Wildman–Crippen MR) is 54.9 cm³/mol. The maximum atomic E-state index is 11.1. The average Bonchev–Trinajstić information content (AvgIpc) is 2.20. The lowest BCUT2D eigenvalue weighted by molar-refractivity contribution is 0.206. The molecule has 0 aromatic heterocycles. The second-order valence-corrected chi connectivity index (χ2v) is 3.16. The Hall–Kier alpha value is -1.26. The lowest BCUT2D eigenvalue weighted by Gasteiger charge is -2.16. The number of hydrogen-bond donors (Lipinski definition) is 2. The topological polar surface area (TPSA) is 52.6 Å². The number of amides is 2. The van der Waals surface area contributed by atoms with Crippen molar-refractivity contribution < 1.29 is 10.0 Å². The Morgan fingerprint density at radius 2 is 2.21 bits per heavy atom. The molecular formula is C9H11ClN2O2. The normalized spacial score (nSPS) is 9.71. The van der Waals surface area contributed by atoms with Crippen molar-refractivity contribution >= 4 is 23.3 Å². The van der Waals surface area contributed by atoms with E-state index in [2.05, 4.69) is 5.32 Å². The fraction of sp³-hybridized carbons (Fsp3) is 0.222. The van der Waals surface area contributed by atoms with Gasteiger partial charge >= 0.3 is 6.03 Å². The van der Waals surface area contributed by atoms with Crippen LogP contribution in [0.25, 0.3) is 0 Å². The van der Waals surface area contributed by atoms with E-state index >= 15 is 0 Å². The maximum absolute atomic E-state index is 11.1. The van der Waals surface area contributed by atoms with Gasteiger partial charge in [0.05, 0.1) is 5.69 Å². The lowest BCUT2D eigenvalue weighted by atomic mass is 10.2. The summed E-state index contributed by atoms with van der Waals surface area (Å²) in [4.78, 5) is 11.1. The van der Waals surface area contributed by atoms with Gasteiger partial charge in [0.1, 0.15) is 0 Å². The minimum atomic E-state index is -0.602. The second-order valence-electron chi connectivity index (χ2n) is 2.75.